The summed E-state index contributed by atoms with van der Waals surface area (Å²) >= 11 is 0. The summed E-state index contributed by atoms with van der Waals surface area (Å²) in [5.41, 5.74) is -0.188. The first-order valence-electron chi connectivity index (χ1n) is 6.85. The van der Waals surface area contributed by atoms with Crippen molar-refractivity contribution >= 4 is 0 Å². The van der Waals surface area contributed by atoms with E-state index < -0.39 is 11.7 Å². The van der Waals surface area contributed by atoms with Gasteiger partial charge < -0.3 is 15.1 Å². The quantitative estimate of drug-likeness (QED) is 0.878. The van der Waals surface area contributed by atoms with Crippen molar-refractivity contribution in [1.29, 1.82) is 0 Å². The lowest BCUT2D eigenvalue weighted by molar-refractivity contribution is -0.00819. The standard InChI is InChI=1S/C15H22FNO2/c1-15(19)7-10-17(11-8-15)9-6-14(18)12-4-2-3-5-13(12)16/h2-5,14,18-19H,6-11H2,1H3. The molecule has 3 nitrogen and oxygen atoms in total. The molecule has 0 spiro atoms. The van der Waals surface area contributed by atoms with E-state index >= 15 is 0 Å². The lowest BCUT2D eigenvalue weighted by Crippen LogP contribution is -2.42. The number of likely N-dealkylation sites (tertiary alicyclic amines) is 1. The van der Waals surface area contributed by atoms with Crippen LogP contribution in [0.15, 0.2) is 24.3 Å². The molecule has 2 rings (SSSR count). The number of benzene rings is 1. The van der Waals surface area contributed by atoms with Crippen LogP contribution in [0.25, 0.3) is 0 Å². The van der Waals surface area contributed by atoms with Crippen molar-refractivity contribution in [3.05, 3.63) is 35.6 Å². The molecule has 0 aromatic heterocycles. The van der Waals surface area contributed by atoms with Crippen LogP contribution in [-0.2, 0) is 0 Å². The molecule has 0 amide bonds. The van der Waals surface area contributed by atoms with E-state index in [9.17, 15) is 14.6 Å². The average Bonchev–Trinajstić information content (AvgIpc) is 2.38. The van der Waals surface area contributed by atoms with Crippen molar-refractivity contribution in [3.8, 4) is 0 Å². The second-order valence-electron chi connectivity index (χ2n) is 5.66. The van der Waals surface area contributed by atoms with Crippen LogP contribution in [0.4, 0.5) is 4.39 Å². The molecule has 0 saturated carbocycles. The molecule has 0 radical (unpaired) electrons. The van der Waals surface area contributed by atoms with Gasteiger partial charge in [0.25, 0.3) is 0 Å². The summed E-state index contributed by atoms with van der Waals surface area (Å²) < 4.78 is 13.5. The summed E-state index contributed by atoms with van der Waals surface area (Å²) in [5, 5.41) is 19.9. The van der Waals surface area contributed by atoms with E-state index in [2.05, 4.69) is 4.90 Å². The number of aliphatic hydroxyl groups is 2. The number of hydrogen-bond donors (Lipinski definition) is 2. The molecule has 0 aliphatic carbocycles. The fourth-order valence-electron chi connectivity index (χ4n) is 2.46. The van der Waals surface area contributed by atoms with E-state index in [-0.39, 0.29) is 5.82 Å². The molecule has 1 unspecified atom stereocenters. The van der Waals surface area contributed by atoms with E-state index in [1.54, 1.807) is 18.2 Å². The second-order valence-corrected chi connectivity index (χ2v) is 5.66. The van der Waals surface area contributed by atoms with Crippen LogP contribution in [0.2, 0.25) is 0 Å². The Hall–Kier alpha value is -0.970. The Bertz CT molecular complexity index is 412. The summed E-state index contributed by atoms with van der Waals surface area (Å²) in [7, 11) is 0. The Kier molecular flexibility index (Phi) is 4.55. The minimum Gasteiger partial charge on any atom is -0.390 e. The van der Waals surface area contributed by atoms with Crippen molar-refractivity contribution in [2.75, 3.05) is 19.6 Å². The first kappa shape index (κ1) is 14.4. The molecule has 106 valence electrons. The number of nitrogens with zero attached hydrogens (tertiary/aromatic N) is 1. The van der Waals surface area contributed by atoms with Gasteiger partial charge in [-0.1, -0.05) is 18.2 Å². The van der Waals surface area contributed by atoms with Gasteiger partial charge >= 0.3 is 0 Å². The van der Waals surface area contributed by atoms with Gasteiger partial charge in [-0.25, -0.2) is 4.39 Å². The highest BCUT2D eigenvalue weighted by molar-refractivity contribution is 5.19. The van der Waals surface area contributed by atoms with Crippen molar-refractivity contribution < 1.29 is 14.6 Å². The molecular formula is C15H22FNO2. The first-order valence-corrected chi connectivity index (χ1v) is 6.85. The maximum absolute atomic E-state index is 13.5. The third-order valence-electron chi connectivity index (χ3n) is 3.92. The van der Waals surface area contributed by atoms with Crippen molar-refractivity contribution in [2.24, 2.45) is 0 Å². The maximum Gasteiger partial charge on any atom is 0.128 e. The molecule has 1 aliphatic heterocycles. The summed E-state index contributed by atoms with van der Waals surface area (Å²) in [4.78, 5) is 2.21. The average molecular weight is 267 g/mol. The molecule has 1 atom stereocenters. The van der Waals surface area contributed by atoms with Gasteiger partial charge in [0.05, 0.1) is 11.7 Å². The highest BCUT2D eigenvalue weighted by Crippen LogP contribution is 2.24. The van der Waals surface area contributed by atoms with Crippen LogP contribution in [0, 0.1) is 5.82 Å². The number of piperidine rings is 1. The van der Waals surface area contributed by atoms with Gasteiger partial charge in [0.1, 0.15) is 5.82 Å². The van der Waals surface area contributed by atoms with Crippen molar-refractivity contribution in [3.63, 3.8) is 0 Å². The van der Waals surface area contributed by atoms with Crippen molar-refractivity contribution in [1.82, 2.24) is 4.90 Å². The summed E-state index contributed by atoms with van der Waals surface area (Å²) in [6.07, 6.45) is 1.26. The summed E-state index contributed by atoms with van der Waals surface area (Å²) in [6.45, 7) is 4.25. The molecule has 19 heavy (non-hydrogen) atoms. The highest BCUT2D eigenvalue weighted by Gasteiger charge is 2.27. The number of rotatable bonds is 4. The zero-order chi connectivity index (χ0) is 13.9. The van der Waals surface area contributed by atoms with Crippen LogP contribution < -0.4 is 0 Å². The Morgan fingerprint density at radius 2 is 1.95 bits per heavy atom. The zero-order valence-electron chi connectivity index (χ0n) is 11.3. The highest BCUT2D eigenvalue weighted by atomic mass is 19.1. The fourth-order valence-corrected chi connectivity index (χ4v) is 2.46. The Labute approximate surface area is 113 Å². The molecule has 1 saturated heterocycles. The number of hydrogen-bond acceptors (Lipinski definition) is 3. The van der Waals surface area contributed by atoms with Gasteiger partial charge in [-0.3, -0.25) is 0 Å². The molecule has 1 aromatic rings. The van der Waals surface area contributed by atoms with Gasteiger partial charge in [0, 0.05) is 25.2 Å². The predicted molar refractivity (Wildman–Crippen MR) is 72.3 cm³/mol. The van der Waals surface area contributed by atoms with Crippen molar-refractivity contribution in [2.45, 2.75) is 37.9 Å². The fraction of sp³-hybridized carbons (Fsp3) is 0.600. The van der Waals surface area contributed by atoms with Crippen LogP contribution >= 0.6 is 0 Å². The van der Waals surface area contributed by atoms with Gasteiger partial charge in [0.15, 0.2) is 0 Å². The van der Waals surface area contributed by atoms with Crippen LogP contribution in [-0.4, -0.2) is 40.3 Å². The molecule has 2 N–H and O–H groups in total. The number of halogens is 1. The van der Waals surface area contributed by atoms with Crippen LogP contribution in [0.1, 0.15) is 37.9 Å². The molecular weight excluding hydrogens is 245 g/mol. The minimum absolute atomic E-state index is 0.350. The molecule has 0 bridgehead atoms. The Morgan fingerprint density at radius 1 is 1.32 bits per heavy atom. The predicted octanol–water partition coefficient (Wildman–Crippen LogP) is 2.10. The largest absolute Gasteiger partial charge is 0.390 e. The second kappa shape index (κ2) is 5.99. The van der Waals surface area contributed by atoms with E-state index in [0.29, 0.717) is 12.0 Å². The van der Waals surface area contributed by atoms with E-state index in [1.807, 2.05) is 6.92 Å². The van der Waals surface area contributed by atoms with Crippen LogP contribution in [0.5, 0.6) is 0 Å². The van der Waals surface area contributed by atoms with Gasteiger partial charge in [-0.15, -0.1) is 0 Å². The van der Waals surface area contributed by atoms with E-state index in [0.717, 1.165) is 32.5 Å². The van der Waals surface area contributed by atoms with Gasteiger partial charge in [-0.05, 0) is 32.3 Å². The molecule has 4 heteroatoms. The van der Waals surface area contributed by atoms with Gasteiger partial charge in [0.2, 0.25) is 0 Å². The summed E-state index contributed by atoms with van der Waals surface area (Å²) in [6, 6.07) is 6.36. The molecule has 1 heterocycles. The number of aliphatic hydroxyl groups excluding tert-OH is 1. The SMILES string of the molecule is CC1(O)CCN(CCC(O)c2ccccc2F)CC1. The zero-order valence-corrected chi connectivity index (χ0v) is 11.3. The smallest absolute Gasteiger partial charge is 0.128 e. The monoisotopic (exact) mass is 267 g/mol. The molecule has 1 fully saturated rings. The minimum atomic E-state index is -0.761. The normalized spacial score (nSPS) is 21.3. The van der Waals surface area contributed by atoms with Gasteiger partial charge in [-0.2, -0.15) is 0 Å². The van der Waals surface area contributed by atoms with E-state index in [4.69, 9.17) is 0 Å². The van der Waals surface area contributed by atoms with Crippen LogP contribution in [0.3, 0.4) is 0 Å². The molecule has 1 aliphatic rings. The third kappa shape index (κ3) is 4.00. The Morgan fingerprint density at radius 3 is 2.58 bits per heavy atom. The van der Waals surface area contributed by atoms with E-state index in [1.165, 1.54) is 6.07 Å². The first-order chi connectivity index (χ1) is 8.98. The third-order valence-corrected chi connectivity index (χ3v) is 3.92. The molecule has 1 aromatic carbocycles. The topological polar surface area (TPSA) is 43.7 Å². The summed E-state index contributed by atoms with van der Waals surface area (Å²) in [5.74, 6) is -0.350. The lowest BCUT2D eigenvalue weighted by Gasteiger charge is -2.36. The lowest BCUT2D eigenvalue weighted by atomic mass is 9.93. The Balaban J connectivity index is 1.82. The maximum atomic E-state index is 13.5.